The van der Waals surface area contributed by atoms with E-state index in [0.29, 0.717) is 18.5 Å². The highest BCUT2D eigenvalue weighted by molar-refractivity contribution is 5.88. The summed E-state index contributed by atoms with van der Waals surface area (Å²) in [6.07, 6.45) is 4.63. The number of carbonyl (C=O) groups is 1. The second-order valence-electron chi connectivity index (χ2n) is 4.91. The van der Waals surface area contributed by atoms with Crippen LogP contribution in [0.5, 0.6) is 5.75 Å². The summed E-state index contributed by atoms with van der Waals surface area (Å²) >= 11 is 0. The number of aryl methyl sites for hydroxylation is 1. The van der Waals surface area contributed by atoms with Gasteiger partial charge in [-0.05, 0) is 50.3 Å². The Bertz CT molecular complexity index is 436. The second-order valence-corrected chi connectivity index (χ2v) is 4.91. The molecule has 1 aromatic carbocycles. The van der Waals surface area contributed by atoms with Crippen LogP contribution >= 0.6 is 0 Å². The predicted molar refractivity (Wildman–Crippen MR) is 71.8 cm³/mol. The van der Waals surface area contributed by atoms with Crippen LogP contribution in [0.4, 0.5) is 0 Å². The molecule has 104 valence electrons. The molecular weight excluding hydrogens is 244 g/mol. The van der Waals surface area contributed by atoms with Gasteiger partial charge in [-0.3, -0.25) is 0 Å². The van der Waals surface area contributed by atoms with Crippen molar-refractivity contribution in [1.82, 2.24) is 0 Å². The van der Waals surface area contributed by atoms with Gasteiger partial charge < -0.3 is 14.6 Å². The molecule has 0 radical (unpaired) electrons. The number of rotatable bonds is 6. The molecule has 1 aromatic rings. The highest BCUT2D eigenvalue weighted by Crippen LogP contribution is 2.21. The third kappa shape index (κ3) is 3.96. The molecule has 1 unspecified atom stereocenters. The summed E-state index contributed by atoms with van der Waals surface area (Å²) in [6.45, 7) is 3.40. The fourth-order valence-corrected chi connectivity index (χ4v) is 2.25. The van der Waals surface area contributed by atoms with Gasteiger partial charge in [0.05, 0.1) is 18.3 Å². The van der Waals surface area contributed by atoms with Crippen molar-refractivity contribution >= 4 is 5.97 Å². The number of benzene rings is 1. The van der Waals surface area contributed by atoms with Gasteiger partial charge in [0.25, 0.3) is 0 Å². The van der Waals surface area contributed by atoms with E-state index in [-0.39, 0.29) is 5.56 Å². The Morgan fingerprint density at radius 2 is 2.37 bits per heavy atom. The minimum Gasteiger partial charge on any atom is -0.493 e. The van der Waals surface area contributed by atoms with Crippen LogP contribution in [0.3, 0.4) is 0 Å². The summed E-state index contributed by atoms with van der Waals surface area (Å²) in [6, 6.07) is 4.96. The van der Waals surface area contributed by atoms with E-state index >= 15 is 0 Å². The van der Waals surface area contributed by atoms with Crippen LogP contribution in [0.15, 0.2) is 18.2 Å². The number of aromatic carboxylic acids is 1. The normalized spacial score (nSPS) is 18.5. The Kier molecular flexibility index (Phi) is 4.80. The summed E-state index contributed by atoms with van der Waals surface area (Å²) < 4.78 is 11.2. The van der Waals surface area contributed by atoms with Gasteiger partial charge in [0.1, 0.15) is 5.75 Å². The van der Waals surface area contributed by atoms with Crippen LogP contribution in [0.1, 0.15) is 41.6 Å². The molecule has 1 fully saturated rings. The number of hydrogen-bond donors (Lipinski definition) is 1. The fraction of sp³-hybridized carbons (Fsp3) is 0.533. The smallest absolute Gasteiger partial charge is 0.335 e. The zero-order chi connectivity index (χ0) is 13.7. The molecular formula is C15H20O4. The van der Waals surface area contributed by atoms with Crippen molar-refractivity contribution in [3.63, 3.8) is 0 Å². The molecule has 1 N–H and O–H groups in total. The van der Waals surface area contributed by atoms with Gasteiger partial charge in [-0.15, -0.1) is 0 Å². The van der Waals surface area contributed by atoms with Gasteiger partial charge in [0.2, 0.25) is 0 Å². The summed E-state index contributed by atoms with van der Waals surface area (Å²) in [5.41, 5.74) is 1.22. The molecule has 19 heavy (non-hydrogen) atoms. The first kappa shape index (κ1) is 13.9. The molecule has 2 rings (SSSR count). The molecule has 0 spiro atoms. The molecule has 4 heteroatoms. The highest BCUT2D eigenvalue weighted by Gasteiger charge is 2.14. The zero-order valence-electron chi connectivity index (χ0n) is 11.2. The molecule has 1 heterocycles. The van der Waals surface area contributed by atoms with Crippen LogP contribution < -0.4 is 4.74 Å². The average molecular weight is 264 g/mol. The molecule has 1 atom stereocenters. The lowest BCUT2D eigenvalue weighted by Gasteiger charge is -2.12. The fourth-order valence-electron chi connectivity index (χ4n) is 2.25. The Labute approximate surface area is 113 Å². The van der Waals surface area contributed by atoms with Crippen molar-refractivity contribution in [2.24, 2.45) is 0 Å². The van der Waals surface area contributed by atoms with Gasteiger partial charge in [-0.2, -0.15) is 0 Å². The van der Waals surface area contributed by atoms with E-state index in [1.54, 1.807) is 18.2 Å². The molecule has 0 amide bonds. The minimum atomic E-state index is -0.927. The average Bonchev–Trinajstić information content (AvgIpc) is 2.89. The van der Waals surface area contributed by atoms with E-state index in [0.717, 1.165) is 37.9 Å². The van der Waals surface area contributed by atoms with E-state index in [1.807, 2.05) is 6.92 Å². The van der Waals surface area contributed by atoms with Crippen molar-refractivity contribution in [2.75, 3.05) is 13.2 Å². The highest BCUT2D eigenvalue weighted by atomic mass is 16.5. The summed E-state index contributed by atoms with van der Waals surface area (Å²) in [5.74, 6) is -0.267. The second kappa shape index (κ2) is 6.57. The van der Waals surface area contributed by atoms with E-state index in [9.17, 15) is 4.79 Å². The zero-order valence-corrected chi connectivity index (χ0v) is 11.2. The Morgan fingerprint density at radius 1 is 1.53 bits per heavy atom. The van der Waals surface area contributed by atoms with Crippen LogP contribution in [-0.2, 0) is 4.74 Å². The van der Waals surface area contributed by atoms with Crippen LogP contribution in [-0.4, -0.2) is 30.4 Å². The Balaban J connectivity index is 1.81. The van der Waals surface area contributed by atoms with Crippen molar-refractivity contribution in [3.05, 3.63) is 29.3 Å². The first-order valence-corrected chi connectivity index (χ1v) is 6.75. The summed E-state index contributed by atoms with van der Waals surface area (Å²) in [4.78, 5) is 10.9. The predicted octanol–water partition coefficient (Wildman–Crippen LogP) is 3.03. The van der Waals surface area contributed by atoms with Crippen LogP contribution in [0, 0.1) is 6.92 Å². The van der Waals surface area contributed by atoms with Crippen molar-refractivity contribution in [1.29, 1.82) is 0 Å². The van der Waals surface area contributed by atoms with Crippen molar-refractivity contribution in [2.45, 2.75) is 38.7 Å². The van der Waals surface area contributed by atoms with E-state index in [4.69, 9.17) is 14.6 Å². The Hall–Kier alpha value is -1.55. The Morgan fingerprint density at radius 3 is 3.05 bits per heavy atom. The molecule has 4 nitrogen and oxygen atoms in total. The molecule has 1 aliphatic rings. The SMILES string of the molecule is Cc1ccc(C(=O)O)cc1OCCCC1CCCO1. The van der Waals surface area contributed by atoms with Crippen LogP contribution in [0.25, 0.3) is 0 Å². The largest absolute Gasteiger partial charge is 0.493 e. The maximum atomic E-state index is 10.9. The number of hydrogen-bond acceptors (Lipinski definition) is 3. The number of ether oxygens (including phenoxy) is 2. The molecule has 1 aliphatic heterocycles. The quantitative estimate of drug-likeness (QED) is 0.802. The topological polar surface area (TPSA) is 55.8 Å². The minimum absolute atomic E-state index is 0.264. The maximum Gasteiger partial charge on any atom is 0.335 e. The lowest BCUT2D eigenvalue weighted by molar-refractivity contribution is 0.0696. The maximum absolute atomic E-state index is 10.9. The first-order chi connectivity index (χ1) is 9.16. The number of carboxylic acid groups (broad SMARTS) is 1. The first-order valence-electron chi connectivity index (χ1n) is 6.75. The van der Waals surface area contributed by atoms with E-state index < -0.39 is 5.97 Å². The van der Waals surface area contributed by atoms with Gasteiger partial charge in [-0.1, -0.05) is 6.07 Å². The van der Waals surface area contributed by atoms with Crippen LogP contribution in [0.2, 0.25) is 0 Å². The van der Waals surface area contributed by atoms with E-state index in [2.05, 4.69) is 0 Å². The van der Waals surface area contributed by atoms with Crippen molar-refractivity contribution < 1.29 is 19.4 Å². The lowest BCUT2D eigenvalue weighted by Crippen LogP contribution is -2.08. The molecule has 0 bridgehead atoms. The van der Waals surface area contributed by atoms with Gasteiger partial charge >= 0.3 is 5.97 Å². The van der Waals surface area contributed by atoms with Crippen molar-refractivity contribution in [3.8, 4) is 5.75 Å². The number of carboxylic acids is 1. The molecule has 0 saturated carbocycles. The molecule has 1 saturated heterocycles. The van der Waals surface area contributed by atoms with Gasteiger partial charge in [0, 0.05) is 6.61 Å². The molecule has 0 aromatic heterocycles. The monoisotopic (exact) mass is 264 g/mol. The van der Waals surface area contributed by atoms with E-state index in [1.165, 1.54) is 0 Å². The third-order valence-electron chi connectivity index (χ3n) is 3.39. The summed E-state index contributed by atoms with van der Waals surface area (Å²) in [5, 5.41) is 8.94. The standard InChI is InChI=1S/C15H20O4/c1-11-6-7-12(15(16)17)10-14(11)19-9-3-5-13-4-2-8-18-13/h6-7,10,13H,2-5,8-9H2,1H3,(H,16,17). The van der Waals surface area contributed by atoms with Gasteiger partial charge in [-0.25, -0.2) is 4.79 Å². The summed E-state index contributed by atoms with van der Waals surface area (Å²) in [7, 11) is 0. The molecule has 0 aliphatic carbocycles. The van der Waals surface area contributed by atoms with Gasteiger partial charge in [0.15, 0.2) is 0 Å². The third-order valence-corrected chi connectivity index (χ3v) is 3.39. The lowest BCUT2D eigenvalue weighted by atomic mass is 10.1.